The fraction of sp³-hybridized carbons (Fsp3) is 1.00. The maximum Gasteiger partial charge on any atom is 0.00891 e. The molecule has 0 bridgehead atoms. The van der Waals surface area contributed by atoms with Crippen molar-refractivity contribution < 1.29 is 0 Å². The Balaban J connectivity index is 2.32. The van der Waals surface area contributed by atoms with Crippen LogP contribution in [0.4, 0.5) is 0 Å². The molecule has 1 atom stereocenters. The molecular formula is C9H19N. The zero-order valence-corrected chi connectivity index (χ0v) is 7.43. The van der Waals surface area contributed by atoms with E-state index in [-0.39, 0.29) is 0 Å². The van der Waals surface area contributed by atoms with Gasteiger partial charge in [-0.25, -0.2) is 0 Å². The van der Waals surface area contributed by atoms with Gasteiger partial charge in [-0.3, -0.25) is 0 Å². The first-order valence-corrected chi connectivity index (χ1v) is 4.38. The molecule has 1 aliphatic rings. The van der Waals surface area contributed by atoms with Gasteiger partial charge < -0.3 is 4.90 Å². The first-order chi connectivity index (χ1) is 4.72. The van der Waals surface area contributed by atoms with E-state index in [0.29, 0.717) is 0 Å². The van der Waals surface area contributed by atoms with E-state index in [2.05, 4.69) is 25.9 Å². The molecule has 0 N–H and O–H groups in total. The Kier molecular flexibility index (Phi) is 2.72. The van der Waals surface area contributed by atoms with Gasteiger partial charge in [0.05, 0.1) is 0 Å². The van der Waals surface area contributed by atoms with Crippen LogP contribution in [0.25, 0.3) is 0 Å². The van der Waals surface area contributed by atoms with E-state index in [1.165, 1.54) is 25.7 Å². The maximum absolute atomic E-state index is 2.34. The van der Waals surface area contributed by atoms with Gasteiger partial charge in [-0.15, -0.1) is 0 Å². The van der Waals surface area contributed by atoms with Gasteiger partial charge in [0.1, 0.15) is 0 Å². The van der Waals surface area contributed by atoms with Crippen molar-refractivity contribution in [2.45, 2.75) is 38.6 Å². The van der Waals surface area contributed by atoms with Crippen LogP contribution in [0.2, 0.25) is 0 Å². The Morgan fingerprint density at radius 1 is 1.20 bits per heavy atom. The summed E-state index contributed by atoms with van der Waals surface area (Å²) in [6, 6.07) is 0.794. The third-order valence-electron chi connectivity index (χ3n) is 2.90. The van der Waals surface area contributed by atoms with Gasteiger partial charge in [0.15, 0.2) is 0 Å². The van der Waals surface area contributed by atoms with Gasteiger partial charge in [-0.2, -0.15) is 0 Å². The lowest BCUT2D eigenvalue weighted by molar-refractivity contribution is 0.230. The zero-order chi connectivity index (χ0) is 7.56. The van der Waals surface area contributed by atoms with Crippen molar-refractivity contribution in [3.05, 3.63) is 0 Å². The van der Waals surface area contributed by atoms with Crippen LogP contribution in [0.15, 0.2) is 0 Å². The van der Waals surface area contributed by atoms with Crippen LogP contribution in [-0.2, 0) is 0 Å². The molecular weight excluding hydrogens is 122 g/mol. The first kappa shape index (κ1) is 8.06. The van der Waals surface area contributed by atoms with Crippen LogP contribution in [0, 0.1) is 5.92 Å². The summed E-state index contributed by atoms with van der Waals surface area (Å²) in [6.07, 6.45) is 5.84. The van der Waals surface area contributed by atoms with Crippen LogP contribution < -0.4 is 0 Å². The highest BCUT2D eigenvalue weighted by atomic mass is 15.1. The Labute approximate surface area is 64.4 Å². The van der Waals surface area contributed by atoms with Gasteiger partial charge in [-0.05, 0) is 39.8 Å². The van der Waals surface area contributed by atoms with Crippen molar-refractivity contribution in [1.29, 1.82) is 0 Å². The molecule has 1 nitrogen and oxygen atoms in total. The predicted molar refractivity (Wildman–Crippen MR) is 45.1 cm³/mol. The molecule has 0 amide bonds. The van der Waals surface area contributed by atoms with Crippen molar-refractivity contribution in [2.75, 3.05) is 14.1 Å². The molecule has 0 aromatic rings. The predicted octanol–water partition coefficient (Wildman–Crippen LogP) is 2.13. The molecule has 1 saturated carbocycles. The maximum atomic E-state index is 2.34. The highest BCUT2D eigenvalue weighted by Crippen LogP contribution is 2.28. The van der Waals surface area contributed by atoms with Gasteiger partial charge in [0, 0.05) is 6.04 Å². The summed E-state index contributed by atoms with van der Waals surface area (Å²) in [5.41, 5.74) is 0. The van der Waals surface area contributed by atoms with E-state index in [1.807, 2.05) is 0 Å². The number of hydrogen-bond acceptors (Lipinski definition) is 1. The molecule has 1 aliphatic carbocycles. The minimum absolute atomic E-state index is 0.794. The lowest BCUT2D eigenvalue weighted by Gasteiger charge is -2.25. The minimum Gasteiger partial charge on any atom is -0.306 e. The van der Waals surface area contributed by atoms with Crippen LogP contribution in [0.1, 0.15) is 32.6 Å². The standard InChI is InChI=1S/C9H19N/c1-8(10(2)3)9-6-4-5-7-9/h8-9H,4-7H2,1-3H3/t8-/m1/s1. The Bertz CT molecular complexity index is 92.9. The number of hydrogen-bond donors (Lipinski definition) is 0. The lowest BCUT2D eigenvalue weighted by atomic mass is 9.99. The summed E-state index contributed by atoms with van der Waals surface area (Å²) in [7, 11) is 4.37. The van der Waals surface area contributed by atoms with Crippen LogP contribution >= 0.6 is 0 Å². The summed E-state index contributed by atoms with van der Waals surface area (Å²) in [5.74, 6) is 0.981. The molecule has 0 aliphatic heterocycles. The Morgan fingerprint density at radius 3 is 2.10 bits per heavy atom. The average molecular weight is 141 g/mol. The smallest absolute Gasteiger partial charge is 0.00891 e. The third-order valence-corrected chi connectivity index (χ3v) is 2.90. The summed E-state index contributed by atoms with van der Waals surface area (Å²) < 4.78 is 0. The molecule has 0 heterocycles. The highest BCUT2D eigenvalue weighted by molar-refractivity contribution is 4.76. The molecule has 0 radical (unpaired) electrons. The molecule has 10 heavy (non-hydrogen) atoms. The van der Waals surface area contributed by atoms with E-state index in [0.717, 1.165) is 12.0 Å². The second kappa shape index (κ2) is 3.38. The summed E-state index contributed by atoms with van der Waals surface area (Å²) >= 11 is 0. The van der Waals surface area contributed by atoms with Crippen LogP contribution in [-0.4, -0.2) is 25.0 Å². The van der Waals surface area contributed by atoms with Gasteiger partial charge in [0.2, 0.25) is 0 Å². The number of nitrogens with zero attached hydrogens (tertiary/aromatic N) is 1. The van der Waals surface area contributed by atoms with Crippen LogP contribution in [0.3, 0.4) is 0 Å². The Morgan fingerprint density at radius 2 is 1.70 bits per heavy atom. The SMILES string of the molecule is C[C@H](C1CCCC1)N(C)C. The van der Waals surface area contributed by atoms with Crippen molar-refractivity contribution in [2.24, 2.45) is 5.92 Å². The molecule has 0 saturated heterocycles. The molecule has 1 rings (SSSR count). The van der Waals surface area contributed by atoms with Gasteiger partial charge >= 0.3 is 0 Å². The molecule has 0 aromatic heterocycles. The average Bonchev–Trinajstić information content (AvgIpc) is 2.36. The molecule has 0 spiro atoms. The topological polar surface area (TPSA) is 3.24 Å². The van der Waals surface area contributed by atoms with E-state index in [4.69, 9.17) is 0 Å². The second-order valence-electron chi connectivity index (χ2n) is 3.75. The van der Waals surface area contributed by atoms with Gasteiger partial charge in [0.25, 0.3) is 0 Å². The Hall–Kier alpha value is -0.0400. The zero-order valence-electron chi connectivity index (χ0n) is 7.43. The molecule has 0 aromatic carbocycles. The largest absolute Gasteiger partial charge is 0.306 e. The fourth-order valence-corrected chi connectivity index (χ4v) is 1.86. The van der Waals surface area contributed by atoms with Crippen molar-refractivity contribution >= 4 is 0 Å². The van der Waals surface area contributed by atoms with Crippen molar-refractivity contribution in [3.8, 4) is 0 Å². The van der Waals surface area contributed by atoms with Crippen molar-refractivity contribution in [3.63, 3.8) is 0 Å². The summed E-state index contributed by atoms with van der Waals surface area (Å²) in [6.45, 7) is 2.34. The van der Waals surface area contributed by atoms with E-state index >= 15 is 0 Å². The fourth-order valence-electron chi connectivity index (χ4n) is 1.86. The minimum atomic E-state index is 0.794. The second-order valence-corrected chi connectivity index (χ2v) is 3.75. The molecule has 1 heteroatoms. The van der Waals surface area contributed by atoms with E-state index in [9.17, 15) is 0 Å². The first-order valence-electron chi connectivity index (χ1n) is 4.38. The van der Waals surface area contributed by atoms with Gasteiger partial charge in [-0.1, -0.05) is 12.8 Å². The summed E-state index contributed by atoms with van der Waals surface area (Å²) in [5, 5.41) is 0. The monoisotopic (exact) mass is 141 g/mol. The molecule has 1 fully saturated rings. The highest BCUT2D eigenvalue weighted by Gasteiger charge is 2.22. The summed E-state index contributed by atoms with van der Waals surface area (Å²) in [4.78, 5) is 2.34. The van der Waals surface area contributed by atoms with Crippen molar-refractivity contribution in [1.82, 2.24) is 4.90 Å². The quantitative estimate of drug-likeness (QED) is 0.569. The third kappa shape index (κ3) is 1.72. The molecule has 0 unspecified atom stereocenters. The lowest BCUT2D eigenvalue weighted by Crippen LogP contribution is -2.30. The molecule has 60 valence electrons. The van der Waals surface area contributed by atoms with E-state index < -0.39 is 0 Å². The normalized spacial score (nSPS) is 24.0. The van der Waals surface area contributed by atoms with E-state index in [1.54, 1.807) is 0 Å². The number of rotatable bonds is 2. The van der Waals surface area contributed by atoms with Crippen LogP contribution in [0.5, 0.6) is 0 Å².